The molecule has 0 atom stereocenters. The number of phenolic OH excluding ortho intramolecular Hbond substituents is 1. The number of phenols is 1. The number of rotatable bonds is 6. The number of carbonyl (C=O) groups is 1. The fourth-order valence-electron chi connectivity index (χ4n) is 3.00. The molecule has 0 aromatic heterocycles. The van der Waals surface area contributed by atoms with Crippen molar-refractivity contribution in [3.63, 3.8) is 0 Å². The molecule has 0 saturated carbocycles. The third-order valence-electron chi connectivity index (χ3n) is 4.65. The number of amides is 1. The van der Waals surface area contributed by atoms with E-state index < -0.39 is 15.9 Å². The first-order valence-corrected chi connectivity index (χ1v) is 10.9. The minimum Gasteiger partial charge on any atom is -0.507 e. The molecule has 30 heavy (non-hydrogen) atoms. The molecule has 0 aliphatic heterocycles. The number of carbonyl (C=O) groups excluding carboxylic acids is 1. The van der Waals surface area contributed by atoms with Crippen LogP contribution in [-0.4, -0.2) is 39.8 Å². The summed E-state index contributed by atoms with van der Waals surface area (Å²) in [7, 11) is -0.697. The topological polar surface area (TPSA) is 95.9 Å². The molecule has 0 bridgehead atoms. The van der Waals surface area contributed by atoms with E-state index in [2.05, 4.69) is 5.32 Å². The average Bonchev–Trinajstić information content (AvgIpc) is 2.73. The normalized spacial score (nSPS) is 11.0. The molecule has 7 nitrogen and oxygen atoms in total. The van der Waals surface area contributed by atoms with Gasteiger partial charge in [0.05, 0.1) is 30.3 Å². The molecule has 0 spiro atoms. The van der Waals surface area contributed by atoms with Crippen molar-refractivity contribution in [3.8, 4) is 22.6 Å². The number of hydrogen-bond donors (Lipinski definition) is 2. The van der Waals surface area contributed by atoms with E-state index in [1.807, 2.05) is 0 Å². The first-order chi connectivity index (χ1) is 14.2. The van der Waals surface area contributed by atoms with Crippen molar-refractivity contribution < 1.29 is 23.1 Å². The lowest BCUT2D eigenvalue weighted by atomic mass is 10.0. The predicted octanol–water partition coefficient (Wildman–Crippen LogP) is 3.72. The minimum atomic E-state index is -3.57. The van der Waals surface area contributed by atoms with Gasteiger partial charge in [0.25, 0.3) is 5.91 Å². The van der Waals surface area contributed by atoms with E-state index in [1.165, 1.54) is 14.2 Å². The van der Waals surface area contributed by atoms with Gasteiger partial charge in [-0.05, 0) is 35.9 Å². The predicted molar refractivity (Wildman–Crippen MR) is 118 cm³/mol. The summed E-state index contributed by atoms with van der Waals surface area (Å²) in [5.41, 5.74) is 2.05. The molecular formula is C22H22N2O5S. The number of para-hydroxylation sites is 2. The number of aromatic hydroxyl groups is 1. The van der Waals surface area contributed by atoms with Crippen molar-refractivity contribution in [2.24, 2.45) is 0 Å². The van der Waals surface area contributed by atoms with Crippen molar-refractivity contribution in [1.29, 1.82) is 0 Å². The van der Waals surface area contributed by atoms with Crippen LogP contribution in [-0.2, 0) is 10.0 Å². The third-order valence-corrected chi connectivity index (χ3v) is 5.84. The molecule has 3 aromatic rings. The lowest BCUT2D eigenvalue weighted by molar-refractivity contribution is 0.102. The summed E-state index contributed by atoms with van der Waals surface area (Å²) in [6, 6.07) is 18.4. The zero-order valence-corrected chi connectivity index (χ0v) is 17.6. The Balaban J connectivity index is 2.10. The summed E-state index contributed by atoms with van der Waals surface area (Å²) < 4.78 is 30.5. The lowest BCUT2D eigenvalue weighted by Gasteiger charge is -2.22. The summed E-state index contributed by atoms with van der Waals surface area (Å²) in [6.45, 7) is 0. The van der Waals surface area contributed by atoms with Crippen LogP contribution in [0.15, 0.2) is 66.7 Å². The summed E-state index contributed by atoms with van der Waals surface area (Å²) in [5, 5.41) is 13.0. The van der Waals surface area contributed by atoms with E-state index in [-0.39, 0.29) is 11.4 Å². The minimum absolute atomic E-state index is 0.0729. The van der Waals surface area contributed by atoms with Crippen LogP contribution < -0.4 is 14.4 Å². The molecule has 0 aliphatic rings. The number of sulfonamides is 1. The van der Waals surface area contributed by atoms with Crippen LogP contribution in [0.4, 0.5) is 11.4 Å². The van der Waals surface area contributed by atoms with Crippen molar-refractivity contribution in [1.82, 2.24) is 0 Å². The standard InChI is InChI=1S/C22H22N2O5S/c1-24(30(3,27)28)19-13-12-15(16-8-4-6-10-20(16)25)14-18(19)23-22(26)17-9-5-7-11-21(17)29-2/h4-14,25H,1-3H3,(H,23,26). The van der Waals surface area contributed by atoms with Gasteiger partial charge in [0.1, 0.15) is 11.5 Å². The molecule has 3 aromatic carbocycles. The molecule has 0 heterocycles. The smallest absolute Gasteiger partial charge is 0.259 e. The van der Waals surface area contributed by atoms with E-state index in [4.69, 9.17) is 4.74 Å². The Bertz CT molecular complexity index is 1190. The molecule has 8 heteroatoms. The maximum absolute atomic E-state index is 12.9. The molecule has 0 unspecified atom stereocenters. The molecule has 0 fully saturated rings. The second kappa shape index (κ2) is 8.46. The summed E-state index contributed by atoms with van der Waals surface area (Å²) >= 11 is 0. The van der Waals surface area contributed by atoms with Crippen LogP contribution in [0.25, 0.3) is 11.1 Å². The second-order valence-corrected chi connectivity index (χ2v) is 8.65. The van der Waals surface area contributed by atoms with Gasteiger partial charge in [-0.2, -0.15) is 0 Å². The maximum atomic E-state index is 12.9. The number of benzene rings is 3. The van der Waals surface area contributed by atoms with E-state index in [0.717, 1.165) is 10.6 Å². The molecule has 0 saturated heterocycles. The first kappa shape index (κ1) is 21.2. The SMILES string of the molecule is COc1ccccc1C(=O)Nc1cc(-c2ccccc2O)ccc1N(C)S(C)(=O)=O. The van der Waals surface area contributed by atoms with Gasteiger partial charge in [-0.25, -0.2) is 8.42 Å². The highest BCUT2D eigenvalue weighted by Crippen LogP contribution is 2.36. The van der Waals surface area contributed by atoms with E-state index in [1.54, 1.807) is 66.7 Å². The van der Waals surface area contributed by atoms with Crippen LogP contribution in [0.1, 0.15) is 10.4 Å². The summed E-state index contributed by atoms with van der Waals surface area (Å²) in [4.78, 5) is 12.9. The third kappa shape index (κ3) is 4.38. The number of ether oxygens (including phenoxy) is 1. The van der Waals surface area contributed by atoms with Gasteiger partial charge in [0.2, 0.25) is 10.0 Å². The monoisotopic (exact) mass is 426 g/mol. The zero-order valence-electron chi connectivity index (χ0n) is 16.8. The average molecular weight is 426 g/mol. The molecule has 0 aliphatic carbocycles. The molecule has 0 radical (unpaired) electrons. The van der Waals surface area contributed by atoms with Gasteiger partial charge in [-0.15, -0.1) is 0 Å². The fraction of sp³-hybridized carbons (Fsp3) is 0.136. The number of nitrogens with zero attached hydrogens (tertiary/aromatic N) is 1. The summed E-state index contributed by atoms with van der Waals surface area (Å²) in [6.07, 6.45) is 1.08. The van der Waals surface area contributed by atoms with Gasteiger partial charge in [-0.3, -0.25) is 9.10 Å². The Morgan fingerprint density at radius 1 is 1.03 bits per heavy atom. The Morgan fingerprint density at radius 2 is 1.70 bits per heavy atom. The van der Waals surface area contributed by atoms with Crippen molar-refractivity contribution >= 4 is 27.3 Å². The Morgan fingerprint density at radius 3 is 2.37 bits per heavy atom. The van der Waals surface area contributed by atoms with Gasteiger partial charge in [-0.1, -0.05) is 36.4 Å². The van der Waals surface area contributed by atoms with Crippen LogP contribution in [0, 0.1) is 0 Å². The van der Waals surface area contributed by atoms with Crippen molar-refractivity contribution in [2.75, 3.05) is 30.0 Å². The number of nitrogens with one attached hydrogen (secondary N) is 1. The first-order valence-electron chi connectivity index (χ1n) is 9.03. The quantitative estimate of drug-likeness (QED) is 0.626. The molecule has 156 valence electrons. The van der Waals surface area contributed by atoms with Crippen molar-refractivity contribution in [2.45, 2.75) is 0 Å². The maximum Gasteiger partial charge on any atom is 0.259 e. The largest absolute Gasteiger partial charge is 0.507 e. The van der Waals surface area contributed by atoms with E-state index in [9.17, 15) is 18.3 Å². The van der Waals surface area contributed by atoms with E-state index in [0.29, 0.717) is 28.1 Å². The molecule has 3 rings (SSSR count). The Hall–Kier alpha value is -3.52. The highest BCUT2D eigenvalue weighted by atomic mass is 32.2. The van der Waals surface area contributed by atoms with Crippen LogP contribution >= 0.6 is 0 Å². The van der Waals surface area contributed by atoms with Crippen LogP contribution in [0.3, 0.4) is 0 Å². The fourth-order valence-corrected chi connectivity index (χ4v) is 3.51. The van der Waals surface area contributed by atoms with Gasteiger partial charge in [0.15, 0.2) is 0 Å². The highest BCUT2D eigenvalue weighted by Gasteiger charge is 2.20. The highest BCUT2D eigenvalue weighted by molar-refractivity contribution is 7.92. The lowest BCUT2D eigenvalue weighted by Crippen LogP contribution is -2.26. The molecular weight excluding hydrogens is 404 g/mol. The van der Waals surface area contributed by atoms with E-state index >= 15 is 0 Å². The number of methoxy groups -OCH3 is 1. The van der Waals surface area contributed by atoms with Crippen molar-refractivity contribution in [3.05, 3.63) is 72.3 Å². The van der Waals surface area contributed by atoms with Gasteiger partial charge in [0, 0.05) is 12.6 Å². The number of hydrogen-bond acceptors (Lipinski definition) is 5. The zero-order chi connectivity index (χ0) is 21.9. The number of anilines is 2. The Kier molecular flexibility index (Phi) is 5.98. The van der Waals surface area contributed by atoms with Gasteiger partial charge < -0.3 is 15.2 Å². The van der Waals surface area contributed by atoms with Crippen LogP contribution in [0.2, 0.25) is 0 Å². The second-order valence-electron chi connectivity index (χ2n) is 6.63. The molecule has 1 amide bonds. The van der Waals surface area contributed by atoms with Gasteiger partial charge >= 0.3 is 0 Å². The Labute approximate surface area is 175 Å². The molecule has 2 N–H and O–H groups in total. The summed E-state index contributed by atoms with van der Waals surface area (Å²) in [5.74, 6) is 0.0126. The van der Waals surface area contributed by atoms with Crippen LogP contribution in [0.5, 0.6) is 11.5 Å².